The van der Waals surface area contributed by atoms with E-state index in [1.165, 1.54) is 5.56 Å². The van der Waals surface area contributed by atoms with Crippen LogP contribution in [0.3, 0.4) is 0 Å². The number of benzene rings is 2. The van der Waals surface area contributed by atoms with E-state index in [-0.39, 0.29) is 30.4 Å². The van der Waals surface area contributed by atoms with Crippen molar-refractivity contribution in [1.82, 2.24) is 9.80 Å². The highest BCUT2D eigenvalue weighted by molar-refractivity contribution is 5.86. The molecule has 7 heteroatoms. The van der Waals surface area contributed by atoms with Crippen molar-refractivity contribution >= 4 is 11.8 Å². The van der Waals surface area contributed by atoms with E-state index in [0.29, 0.717) is 45.9 Å². The molecule has 33 heavy (non-hydrogen) atoms. The molecule has 2 unspecified atom stereocenters. The molecule has 0 saturated carbocycles. The Morgan fingerprint density at radius 1 is 1.09 bits per heavy atom. The lowest BCUT2D eigenvalue weighted by Crippen LogP contribution is -2.43. The fourth-order valence-electron chi connectivity index (χ4n) is 4.34. The smallest absolute Gasteiger partial charge is 0.242 e. The maximum Gasteiger partial charge on any atom is 0.242 e. The summed E-state index contributed by atoms with van der Waals surface area (Å²) in [5, 5.41) is 0. The molecule has 2 heterocycles. The summed E-state index contributed by atoms with van der Waals surface area (Å²) < 4.78 is 17.0. The second kappa shape index (κ2) is 11.3. The normalized spacial score (nSPS) is 21.2. The number of carbonyl (C=O) groups is 2. The minimum atomic E-state index is -0.273. The van der Waals surface area contributed by atoms with Crippen LogP contribution in [0.1, 0.15) is 17.5 Å². The summed E-state index contributed by atoms with van der Waals surface area (Å²) in [5.74, 6) is 0.550. The van der Waals surface area contributed by atoms with Crippen molar-refractivity contribution in [3.8, 4) is 5.75 Å². The lowest BCUT2D eigenvalue weighted by Gasteiger charge is -2.26. The average Bonchev–Trinajstić information content (AvgIpc) is 3.34. The molecule has 2 aliphatic rings. The van der Waals surface area contributed by atoms with Crippen molar-refractivity contribution in [2.75, 3.05) is 46.5 Å². The van der Waals surface area contributed by atoms with Gasteiger partial charge in [0.1, 0.15) is 5.75 Å². The van der Waals surface area contributed by atoms with Crippen molar-refractivity contribution < 1.29 is 23.8 Å². The molecule has 176 valence electrons. The molecule has 2 fully saturated rings. The zero-order valence-electron chi connectivity index (χ0n) is 19.2. The van der Waals surface area contributed by atoms with E-state index in [2.05, 4.69) is 12.1 Å². The summed E-state index contributed by atoms with van der Waals surface area (Å²) in [6, 6.07) is 17.9. The van der Waals surface area contributed by atoms with E-state index in [1.54, 1.807) is 12.0 Å². The lowest BCUT2D eigenvalue weighted by atomic mass is 10.1. The van der Waals surface area contributed by atoms with E-state index >= 15 is 0 Å². The number of ether oxygens (including phenoxy) is 3. The van der Waals surface area contributed by atoms with E-state index < -0.39 is 0 Å². The van der Waals surface area contributed by atoms with Crippen molar-refractivity contribution in [2.24, 2.45) is 5.92 Å². The Labute approximate surface area is 195 Å². The van der Waals surface area contributed by atoms with Crippen molar-refractivity contribution in [1.29, 1.82) is 0 Å². The van der Waals surface area contributed by atoms with Crippen molar-refractivity contribution in [3.63, 3.8) is 0 Å². The molecule has 2 amide bonds. The fraction of sp³-hybridized carbons (Fsp3) is 0.462. The van der Waals surface area contributed by atoms with E-state index in [4.69, 9.17) is 14.2 Å². The number of rotatable bonds is 8. The predicted octanol–water partition coefficient (Wildman–Crippen LogP) is 2.53. The van der Waals surface area contributed by atoms with Gasteiger partial charge in [-0.15, -0.1) is 0 Å². The van der Waals surface area contributed by atoms with Gasteiger partial charge in [-0.2, -0.15) is 0 Å². The van der Waals surface area contributed by atoms with Crippen molar-refractivity contribution in [2.45, 2.75) is 25.6 Å². The standard InChI is InChI=1S/C26H32N2O5/c1-31-23-9-5-8-21(14-23)18-33-24-15-27(12-10-20-6-3-2-4-7-20)25(29)17-28(16-24)26(30)22-11-13-32-19-22/h2-9,14,22,24H,10-13,15-19H2,1H3. The topological polar surface area (TPSA) is 68.3 Å². The highest BCUT2D eigenvalue weighted by Crippen LogP contribution is 2.20. The zero-order chi connectivity index (χ0) is 23.0. The van der Waals surface area contributed by atoms with Gasteiger partial charge in [-0.3, -0.25) is 9.59 Å². The lowest BCUT2D eigenvalue weighted by molar-refractivity contribution is -0.141. The van der Waals surface area contributed by atoms with Crippen LogP contribution in [-0.4, -0.2) is 74.2 Å². The number of nitrogens with zero attached hydrogens (tertiary/aromatic N) is 2. The molecule has 0 spiro atoms. The summed E-state index contributed by atoms with van der Waals surface area (Å²) in [5.41, 5.74) is 2.17. The quantitative estimate of drug-likeness (QED) is 0.616. The van der Waals surface area contributed by atoms with Gasteiger partial charge in [0.15, 0.2) is 0 Å². The summed E-state index contributed by atoms with van der Waals surface area (Å²) in [6.07, 6.45) is 1.19. The van der Waals surface area contributed by atoms with Gasteiger partial charge >= 0.3 is 0 Å². The Morgan fingerprint density at radius 3 is 2.67 bits per heavy atom. The van der Waals surface area contributed by atoms with Crippen LogP contribution < -0.4 is 4.74 Å². The Bertz CT molecular complexity index is 929. The molecule has 2 aliphatic heterocycles. The second-order valence-electron chi connectivity index (χ2n) is 8.64. The first-order chi connectivity index (χ1) is 16.1. The molecule has 7 nitrogen and oxygen atoms in total. The molecule has 0 aromatic heterocycles. The van der Waals surface area contributed by atoms with Crippen LogP contribution in [0.5, 0.6) is 5.75 Å². The average molecular weight is 453 g/mol. The summed E-state index contributed by atoms with van der Waals surface area (Å²) in [6.45, 7) is 2.94. The largest absolute Gasteiger partial charge is 0.497 e. The van der Waals surface area contributed by atoms with Crippen LogP contribution in [-0.2, 0) is 32.1 Å². The van der Waals surface area contributed by atoms with Crippen LogP contribution in [0.2, 0.25) is 0 Å². The monoisotopic (exact) mass is 452 g/mol. The summed E-state index contributed by atoms with van der Waals surface area (Å²) in [4.78, 5) is 29.7. The first-order valence-electron chi connectivity index (χ1n) is 11.5. The molecule has 2 atom stereocenters. The molecule has 4 rings (SSSR count). The van der Waals surface area contributed by atoms with Gasteiger partial charge in [-0.1, -0.05) is 42.5 Å². The minimum Gasteiger partial charge on any atom is -0.497 e. The summed E-state index contributed by atoms with van der Waals surface area (Å²) in [7, 11) is 1.64. The van der Waals surface area contributed by atoms with E-state index in [9.17, 15) is 9.59 Å². The fourth-order valence-corrected chi connectivity index (χ4v) is 4.34. The second-order valence-corrected chi connectivity index (χ2v) is 8.64. The molecular weight excluding hydrogens is 420 g/mol. The molecule has 0 aliphatic carbocycles. The maximum atomic E-state index is 13.1. The molecule has 2 aromatic carbocycles. The van der Waals surface area contributed by atoms with Crippen LogP contribution in [0.15, 0.2) is 54.6 Å². The van der Waals surface area contributed by atoms with Gasteiger partial charge in [0.25, 0.3) is 0 Å². The first-order valence-corrected chi connectivity index (χ1v) is 11.5. The highest BCUT2D eigenvalue weighted by Gasteiger charge is 2.35. The number of carbonyl (C=O) groups excluding carboxylic acids is 2. The highest BCUT2D eigenvalue weighted by atomic mass is 16.5. The van der Waals surface area contributed by atoms with E-state index in [1.807, 2.05) is 47.4 Å². The molecule has 0 radical (unpaired) electrons. The van der Waals surface area contributed by atoms with Crippen LogP contribution in [0, 0.1) is 5.92 Å². The van der Waals surface area contributed by atoms with Gasteiger partial charge in [0.2, 0.25) is 11.8 Å². The Morgan fingerprint density at radius 2 is 1.91 bits per heavy atom. The van der Waals surface area contributed by atoms with Gasteiger partial charge in [0.05, 0.1) is 38.9 Å². The Hall–Kier alpha value is -2.90. The third-order valence-electron chi connectivity index (χ3n) is 6.25. The Balaban J connectivity index is 1.45. The number of hydrogen-bond acceptors (Lipinski definition) is 5. The number of amides is 2. The Kier molecular flexibility index (Phi) is 7.96. The van der Waals surface area contributed by atoms with Crippen LogP contribution in [0.4, 0.5) is 0 Å². The zero-order valence-corrected chi connectivity index (χ0v) is 19.2. The van der Waals surface area contributed by atoms with Crippen molar-refractivity contribution in [3.05, 3.63) is 65.7 Å². The van der Waals surface area contributed by atoms with Gasteiger partial charge in [-0.25, -0.2) is 0 Å². The number of hydrogen-bond donors (Lipinski definition) is 0. The SMILES string of the molecule is COc1cccc(COC2CN(CCc3ccccc3)C(=O)CN(C(=O)C3CCOC3)C2)c1. The third kappa shape index (κ3) is 6.33. The molecular formula is C26H32N2O5. The molecule has 0 bridgehead atoms. The van der Waals surface area contributed by atoms with Gasteiger partial charge in [0, 0.05) is 26.2 Å². The third-order valence-corrected chi connectivity index (χ3v) is 6.25. The van der Waals surface area contributed by atoms with Crippen LogP contribution >= 0.6 is 0 Å². The summed E-state index contributed by atoms with van der Waals surface area (Å²) >= 11 is 0. The maximum absolute atomic E-state index is 13.1. The minimum absolute atomic E-state index is 0.0132. The molecule has 2 aromatic rings. The van der Waals surface area contributed by atoms with E-state index in [0.717, 1.165) is 17.7 Å². The van der Waals surface area contributed by atoms with Gasteiger partial charge in [-0.05, 0) is 36.1 Å². The van der Waals surface area contributed by atoms with Gasteiger partial charge < -0.3 is 24.0 Å². The first kappa shape index (κ1) is 23.3. The molecule has 0 N–H and O–H groups in total. The number of methoxy groups -OCH3 is 1. The predicted molar refractivity (Wildman–Crippen MR) is 124 cm³/mol. The van der Waals surface area contributed by atoms with Crippen LogP contribution in [0.25, 0.3) is 0 Å². The molecule has 2 saturated heterocycles.